The highest BCUT2D eigenvalue weighted by atomic mass is 16.4. The lowest BCUT2D eigenvalue weighted by atomic mass is 10.3. The monoisotopic (exact) mass is 220 g/mol. The van der Waals surface area contributed by atoms with Gasteiger partial charge in [0.2, 0.25) is 0 Å². The maximum absolute atomic E-state index is 10.2. The van der Waals surface area contributed by atoms with Crippen molar-refractivity contribution in [3.05, 3.63) is 23.9 Å². The first kappa shape index (κ1) is 11.8. The van der Waals surface area contributed by atoms with Crippen LogP contribution < -0.4 is 10.6 Å². The third kappa shape index (κ3) is 3.84. The Morgan fingerprint density at radius 2 is 2.44 bits per heavy atom. The van der Waals surface area contributed by atoms with Gasteiger partial charge in [0.25, 0.3) is 0 Å². The van der Waals surface area contributed by atoms with E-state index in [-0.39, 0.29) is 12.6 Å². The first-order valence-electron chi connectivity index (χ1n) is 4.71. The molecule has 84 valence electrons. The van der Waals surface area contributed by atoms with E-state index in [2.05, 4.69) is 15.6 Å². The molecule has 1 unspecified atom stereocenters. The van der Waals surface area contributed by atoms with Crippen LogP contribution in [-0.4, -0.2) is 28.8 Å². The van der Waals surface area contributed by atoms with Crippen molar-refractivity contribution in [2.24, 2.45) is 0 Å². The molecule has 0 saturated heterocycles. The van der Waals surface area contributed by atoms with Gasteiger partial charge in [-0.3, -0.25) is 0 Å². The van der Waals surface area contributed by atoms with Gasteiger partial charge in [-0.1, -0.05) is 0 Å². The molecule has 0 aromatic carbocycles. The number of rotatable bonds is 4. The lowest BCUT2D eigenvalue weighted by Crippen LogP contribution is -2.33. The van der Waals surface area contributed by atoms with Crippen molar-refractivity contribution in [1.82, 2.24) is 10.3 Å². The minimum atomic E-state index is -1.05. The Labute approximate surface area is 92.9 Å². The van der Waals surface area contributed by atoms with Crippen LogP contribution in [0.15, 0.2) is 18.3 Å². The number of anilines is 1. The molecule has 1 heterocycles. The molecule has 1 amide bonds. The lowest BCUT2D eigenvalue weighted by molar-refractivity contribution is 0.194. The van der Waals surface area contributed by atoms with Crippen LogP contribution in [0.25, 0.3) is 0 Å². The molecule has 1 atom stereocenters. The molecule has 0 aliphatic heterocycles. The van der Waals surface area contributed by atoms with Gasteiger partial charge in [0.1, 0.15) is 11.9 Å². The van der Waals surface area contributed by atoms with Gasteiger partial charge in [0, 0.05) is 18.8 Å². The molecule has 6 heteroatoms. The summed E-state index contributed by atoms with van der Waals surface area (Å²) in [6.45, 7) is 2.12. The fraction of sp³-hybridized carbons (Fsp3) is 0.300. The van der Waals surface area contributed by atoms with Crippen molar-refractivity contribution in [2.75, 3.05) is 11.9 Å². The lowest BCUT2D eigenvalue weighted by Gasteiger charge is -2.13. The first-order valence-corrected chi connectivity index (χ1v) is 4.71. The average molecular weight is 220 g/mol. The molecule has 0 aliphatic carbocycles. The predicted molar refractivity (Wildman–Crippen MR) is 58.1 cm³/mol. The van der Waals surface area contributed by atoms with Crippen molar-refractivity contribution >= 4 is 11.9 Å². The fourth-order valence-corrected chi connectivity index (χ4v) is 1.09. The molecule has 0 radical (unpaired) electrons. The SMILES string of the molecule is CC(CNC(=O)O)Nc1ccc(C#N)cn1. The number of pyridine rings is 1. The number of nitrogens with one attached hydrogen (secondary N) is 2. The third-order valence-electron chi connectivity index (χ3n) is 1.85. The minimum Gasteiger partial charge on any atom is -0.465 e. The van der Waals surface area contributed by atoms with E-state index in [9.17, 15) is 4.79 Å². The molecule has 16 heavy (non-hydrogen) atoms. The predicted octanol–water partition coefficient (Wildman–Crippen LogP) is 1.02. The van der Waals surface area contributed by atoms with Gasteiger partial charge in [-0.15, -0.1) is 0 Å². The molecule has 0 saturated carbocycles. The van der Waals surface area contributed by atoms with Crippen LogP contribution in [0.2, 0.25) is 0 Å². The van der Waals surface area contributed by atoms with Gasteiger partial charge in [-0.2, -0.15) is 5.26 Å². The maximum atomic E-state index is 10.2. The van der Waals surface area contributed by atoms with Gasteiger partial charge in [0.15, 0.2) is 0 Å². The first-order chi connectivity index (χ1) is 7.61. The molecule has 1 aromatic heterocycles. The number of carbonyl (C=O) groups is 1. The quantitative estimate of drug-likeness (QED) is 0.703. The molecule has 0 fully saturated rings. The maximum Gasteiger partial charge on any atom is 0.404 e. The summed E-state index contributed by atoms with van der Waals surface area (Å²) in [5, 5.41) is 22.2. The molecule has 3 N–H and O–H groups in total. The van der Waals surface area contributed by atoms with Gasteiger partial charge in [-0.25, -0.2) is 9.78 Å². The second-order valence-corrected chi connectivity index (χ2v) is 3.28. The molecule has 0 bridgehead atoms. The number of carboxylic acid groups (broad SMARTS) is 1. The van der Waals surface area contributed by atoms with E-state index in [0.717, 1.165) is 0 Å². The summed E-state index contributed by atoms with van der Waals surface area (Å²) >= 11 is 0. The van der Waals surface area contributed by atoms with Crippen LogP contribution in [0, 0.1) is 11.3 Å². The number of nitrogens with zero attached hydrogens (tertiary/aromatic N) is 2. The van der Waals surface area contributed by atoms with E-state index in [0.29, 0.717) is 11.4 Å². The molecule has 1 aromatic rings. The van der Waals surface area contributed by atoms with E-state index in [1.54, 1.807) is 12.1 Å². The van der Waals surface area contributed by atoms with Crippen molar-refractivity contribution in [3.63, 3.8) is 0 Å². The zero-order chi connectivity index (χ0) is 12.0. The van der Waals surface area contributed by atoms with Gasteiger partial charge >= 0.3 is 6.09 Å². The summed E-state index contributed by atoms with van der Waals surface area (Å²) in [5.74, 6) is 0.610. The number of amides is 1. The molecule has 6 nitrogen and oxygen atoms in total. The van der Waals surface area contributed by atoms with E-state index in [1.807, 2.05) is 13.0 Å². The van der Waals surface area contributed by atoms with Crippen molar-refractivity contribution in [2.45, 2.75) is 13.0 Å². The fourth-order valence-electron chi connectivity index (χ4n) is 1.09. The normalized spacial score (nSPS) is 11.2. The van der Waals surface area contributed by atoms with E-state index in [4.69, 9.17) is 10.4 Å². The van der Waals surface area contributed by atoms with Crippen molar-refractivity contribution in [1.29, 1.82) is 5.26 Å². The second-order valence-electron chi connectivity index (χ2n) is 3.28. The zero-order valence-corrected chi connectivity index (χ0v) is 8.77. The number of aromatic nitrogens is 1. The summed E-state index contributed by atoms with van der Waals surface area (Å²) in [4.78, 5) is 14.3. The average Bonchev–Trinajstić information content (AvgIpc) is 2.27. The number of nitriles is 1. The van der Waals surface area contributed by atoms with E-state index in [1.165, 1.54) is 6.20 Å². The van der Waals surface area contributed by atoms with Gasteiger partial charge < -0.3 is 15.7 Å². The van der Waals surface area contributed by atoms with E-state index < -0.39 is 6.09 Å². The Kier molecular flexibility index (Phi) is 4.09. The highest BCUT2D eigenvalue weighted by molar-refractivity contribution is 5.64. The van der Waals surface area contributed by atoms with Crippen molar-refractivity contribution in [3.8, 4) is 6.07 Å². The molecule has 0 spiro atoms. The molecule has 0 aliphatic rings. The zero-order valence-electron chi connectivity index (χ0n) is 8.77. The van der Waals surface area contributed by atoms with Gasteiger partial charge in [0.05, 0.1) is 5.56 Å². The molecular formula is C10H12N4O2. The summed E-state index contributed by atoms with van der Waals surface area (Å²) < 4.78 is 0. The minimum absolute atomic E-state index is 0.0727. The molecule has 1 rings (SSSR count). The Morgan fingerprint density at radius 3 is 2.94 bits per heavy atom. The summed E-state index contributed by atoms with van der Waals surface area (Å²) in [6.07, 6.45) is 0.404. The van der Waals surface area contributed by atoms with Crippen LogP contribution in [0.5, 0.6) is 0 Å². The standard InChI is InChI=1S/C10H12N4O2/c1-7(5-13-10(15)16)14-9-3-2-8(4-11)6-12-9/h2-3,6-7,13H,5H2,1H3,(H,12,14)(H,15,16). The van der Waals surface area contributed by atoms with E-state index >= 15 is 0 Å². The van der Waals surface area contributed by atoms with Crippen LogP contribution in [0.3, 0.4) is 0 Å². The van der Waals surface area contributed by atoms with Crippen molar-refractivity contribution < 1.29 is 9.90 Å². The Hall–Kier alpha value is -2.29. The second kappa shape index (κ2) is 5.56. The third-order valence-corrected chi connectivity index (χ3v) is 1.85. The number of hydrogen-bond donors (Lipinski definition) is 3. The Bertz CT molecular complexity index is 396. The largest absolute Gasteiger partial charge is 0.465 e. The van der Waals surface area contributed by atoms with Crippen LogP contribution in [0.1, 0.15) is 12.5 Å². The highest BCUT2D eigenvalue weighted by Crippen LogP contribution is 2.05. The smallest absolute Gasteiger partial charge is 0.404 e. The van der Waals surface area contributed by atoms with Gasteiger partial charge in [-0.05, 0) is 19.1 Å². The van der Waals surface area contributed by atoms with Crippen LogP contribution in [-0.2, 0) is 0 Å². The summed E-state index contributed by atoms with van der Waals surface area (Å²) in [7, 11) is 0. The van der Waals surface area contributed by atoms with Crippen LogP contribution >= 0.6 is 0 Å². The topological polar surface area (TPSA) is 98.0 Å². The Balaban J connectivity index is 2.47. The summed E-state index contributed by atoms with van der Waals surface area (Å²) in [6, 6.07) is 5.22. The molecular weight excluding hydrogens is 208 g/mol. The number of hydrogen-bond acceptors (Lipinski definition) is 4. The van der Waals surface area contributed by atoms with Crippen LogP contribution in [0.4, 0.5) is 10.6 Å². The summed E-state index contributed by atoms with van der Waals surface area (Å²) in [5.41, 5.74) is 0.488. The Morgan fingerprint density at radius 1 is 1.69 bits per heavy atom. The highest BCUT2D eigenvalue weighted by Gasteiger charge is 2.04.